The number of carbonyl (C=O) groups is 2. The first-order chi connectivity index (χ1) is 9.97. The first-order valence-corrected chi connectivity index (χ1v) is 6.03. The number of hydrogen-bond donors (Lipinski definition) is 2. The maximum absolute atomic E-state index is 13.0. The first-order valence-electron chi connectivity index (χ1n) is 6.03. The van der Waals surface area contributed by atoms with Gasteiger partial charge in [0.25, 0.3) is 0 Å². The fraction of sp³-hybridized carbons (Fsp3) is 0.0667. The minimum absolute atomic E-state index is 0.0452. The van der Waals surface area contributed by atoms with E-state index >= 15 is 0 Å². The highest BCUT2D eigenvalue weighted by Crippen LogP contribution is 2.16. The highest BCUT2D eigenvalue weighted by Gasteiger charge is 2.12. The monoisotopic (exact) mass is 291 g/mol. The Morgan fingerprint density at radius 1 is 1.05 bits per heavy atom. The smallest absolute Gasteiger partial charge is 0.337 e. The minimum Gasteiger partial charge on any atom is -0.478 e. The molecule has 4 nitrogen and oxygen atoms in total. The van der Waals surface area contributed by atoms with Crippen LogP contribution < -0.4 is 5.32 Å². The van der Waals surface area contributed by atoms with Crippen LogP contribution in [0, 0.1) is 11.6 Å². The van der Waals surface area contributed by atoms with Crippen molar-refractivity contribution in [2.45, 2.75) is 6.42 Å². The van der Waals surface area contributed by atoms with Gasteiger partial charge in [-0.15, -0.1) is 0 Å². The second kappa shape index (κ2) is 6.13. The highest BCUT2D eigenvalue weighted by atomic mass is 19.2. The molecule has 0 bridgehead atoms. The lowest BCUT2D eigenvalue weighted by molar-refractivity contribution is -0.115. The van der Waals surface area contributed by atoms with Gasteiger partial charge in [0.2, 0.25) is 5.91 Å². The fourth-order valence-electron chi connectivity index (χ4n) is 1.81. The van der Waals surface area contributed by atoms with Crippen molar-refractivity contribution in [3.05, 3.63) is 65.2 Å². The number of nitrogens with one attached hydrogen (secondary N) is 1. The van der Waals surface area contributed by atoms with Gasteiger partial charge in [0.05, 0.1) is 17.7 Å². The van der Waals surface area contributed by atoms with Crippen LogP contribution in [0.5, 0.6) is 0 Å². The summed E-state index contributed by atoms with van der Waals surface area (Å²) in [7, 11) is 0. The number of anilines is 1. The van der Waals surface area contributed by atoms with E-state index in [1.54, 1.807) is 6.07 Å². The molecule has 0 heterocycles. The molecule has 0 aliphatic carbocycles. The molecule has 0 saturated carbocycles. The van der Waals surface area contributed by atoms with Crippen LogP contribution in [0.4, 0.5) is 14.5 Å². The zero-order valence-electron chi connectivity index (χ0n) is 10.8. The molecule has 1 amide bonds. The van der Waals surface area contributed by atoms with Crippen LogP contribution in [0.25, 0.3) is 0 Å². The lowest BCUT2D eigenvalue weighted by Gasteiger charge is -2.08. The number of carbonyl (C=O) groups excluding carboxylic acids is 1. The largest absolute Gasteiger partial charge is 0.478 e. The Kier molecular flexibility index (Phi) is 4.27. The van der Waals surface area contributed by atoms with E-state index in [1.165, 1.54) is 24.3 Å². The molecular weight excluding hydrogens is 280 g/mol. The maximum Gasteiger partial charge on any atom is 0.337 e. The topological polar surface area (TPSA) is 66.4 Å². The van der Waals surface area contributed by atoms with E-state index in [0.717, 1.165) is 12.1 Å². The van der Waals surface area contributed by atoms with Gasteiger partial charge >= 0.3 is 5.97 Å². The molecule has 108 valence electrons. The van der Waals surface area contributed by atoms with Crippen LogP contribution in [0.2, 0.25) is 0 Å². The Hall–Kier alpha value is -2.76. The van der Waals surface area contributed by atoms with Gasteiger partial charge in [0.1, 0.15) is 0 Å². The summed E-state index contributed by atoms with van der Waals surface area (Å²) in [5.41, 5.74) is 0.396. The van der Waals surface area contributed by atoms with E-state index in [9.17, 15) is 18.4 Å². The third kappa shape index (κ3) is 3.62. The highest BCUT2D eigenvalue weighted by molar-refractivity contribution is 6.00. The van der Waals surface area contributed by atoms with Crippen molar-refractivity contribution in [2.75, 3.05) is 5.32 Å². The number of aromatic carboxylic acids is 1. The average Bonchev–Trinajstić information content (AvgIpc) is 2.43. The Labute approximate surface area is 119 Å². The summed E-state index contributed by atoms with van der Waals surface area (Å²) in [5, 5.41) is 11.4. The lowest BCUT2D eigenvalue weighted by Crippen LogP contribution is -2.16. The van der Waals surface area contributed by atoms with Crippen LogP contribution in [0.15, 0.2) is 42.5 Å². The molecule has 2 rings (SSSR count). The number of rotatable bonds is 4. The van der Waals surface area contributed by atoms with E-state index in [-0.39, 0.29) is 17.7 Å². The minimum atomic E-state index is -1.17. The van der Waals surface area contributed by atoms with Crippen molar-refractivity contribution in [1.82, 2.24) is 0 Å². The van der Waals surface area contributed by atoms with Gasteiger partial charge in [-0.3, -0.25) is 4.79 Å². The summed E-state index contributed by atoms with van der Waals surface area (Å²) in [4.78, 5) is 22.8. The number of para-hydroxylation sites is 1. The van der Waals surface area contributed by atoms with E-state index < -0.39 is 23.5 Å². The fourth-order valence-corrected chi connectivity index (χ4v) is 1.81. The normalized spacial score (nSPS) is 10.2. The van der Waals surface area contributed by atoms with Crippen LogP contribution in [-0.4, -0.2) is 17.0 Å². The Balaban J connectivity index is 2.12. The standard InChI is InChI=1S/C15H11F2NO3/c16-11-6-5-9(7-12(11)17)8-14(19)18-13-4-2-1-3-10(13)15(20)21/h1-7H,8H2,(H,18,19)(H,20,21). The summed E-state index contributed by atoms with van der Waals surface area (Å²) in [6.45, 7) is 0. The molecule has 0 saturated heterocycles. The Bertz CT molecular complexity index is 701. The third-order valence-electron chi connectivity index (χ3n) is 2.78. The van der Waals surface area contributed by atoms with Crippen molar-refractivity contribution in [3.8, 4) is 0 Å². The molecular formula is C15H11F2NO3. The van der Waals surface area contributed by atoms with Crippen LogP contribution in [0.3, 0.4) is 0 Å². The number of halogens is 2. The number of benzene rings is 2. The van der Waals surface area contributed by atoms with E-state index in [1.807, 2.05) is 0 Å². The molecule has 0 aliphatic heterocycles. The van der Waals surface area contributed by atoms with Gasteiger partial charge in [-0.25, -0.2) is 13.6 Å². The van der Waals surface area contributed by atoms with Crippen molar-refractivity contribution in [2.24, 2.45) is 0 Å². The number of amides is 1. The second-order valence-electron chi connectivity index (χ2n) is 4.32. The molecule has 0 spiro atoms. The molecule has 21 heavy (non-hydrogen) atoms. The van der Waals surface area contributed by atoms with Gasteiger partial charge < -0.3 is 10.4 Å². The quantitative estimate of drug-likeness (QED) is 0.910. The number of carboxylic acid groups (broad SMARTS) is 1. The van der Waals surface area contributed by atoms with Gasteiger partial charge in [-0.2, -0.15) is 0 Å². The molecule has 2 aromatic rings. The average molecular weight is 291 g/mol. The van der Waals surface area contributed by atoms with E-state index in [2.05, 4.69) is 5.32 Å². The van der Waals surface area contributed by atoms with Gasteiger partial charge in [-0.05, 0) is 29.8 Å². The van der Waals surface area contributed by atoms with E-state index in [0.29, 0.717) is 5.56 Å². The summed E-state index contributed by atoms with van der Waals surface area (Å²) >= 11 is 0. The van der Waals surface area contributed by atoms with Gasteiger partial charge in [-0.1, -0.05) is 18.2 Å². The number of carboxylic acids is 1. The van der Waals surface area contributed by atoms with Crippen LogP contribution in [-0.2, 0) is 11.2 Å². The lowest BCUT2D eigenvalue weighted by atomic mass is 10.1. The van der Waals surface area contributed by atoms with Crippen molar-refractivity contribution in [1.29, 1.82) is 0 Å². The molecule has 0 fully saturated rings. The molecule has 2 N–H and O–H groups in total. The zero-order valence-corrected chi connectivity index (χ0v) is 10.8. The Morgan fingerprint density at radius 2 is 1.76 bits per heavy atom. The van der Waals surface area contributed by atoms with Gasteiger partial charge in [0, 0.05) is 0 Å². The van der Waals surface area contributed by atoms with Crippen LogP contribution >= 0.6 is 0 Å². The molecule has 0 unspecified atom stereocenters. The predicted octanol–water partition coefficient (Wildman–Crippen LogP) is 2.84. The first kappa shape index (κ1) is 14.6. The van der Waals surface area contributed by atoms with Crippen LogP contribution in [0.1, 0.15) is 15.9 Å². The molecule has 2 aromatic carbocycles. The van der Waals surface area contributed by atoms with Crippen molar-refractivity contribution >= 4 is 17.6 Å². The zero-order chi connectivity index (χ0) is 15.4. The molecule has 0 atom stereocenters. The molecule has 0 aliphatic rings. The summed E-state index contributed by atoms with van der Waals surface area (Å²) in [5.74, 6) is -3.71. The van der Waals surface area contributed by atoms with Crippen molar-refractivity contribution < 1.29 is 23.5 Å². The molecule has 0 radical (unpaired) electrons. The van der Waals surface area contributed by atoms with Gasteiger partial charge in [0.15, 0.2) is 11.6 Å². The third-order valence-corrected chi connectivity index (χ3v) is 2.78. The Morgan fingerprint density at radius 3 is 2.43 bits per heavy atom. The van der Waals surface area contributed by atoms with Crippen molar-refractivity contribution in [3.63, 3.8) is 0 Å². The molecule has 0 aromatic heterocycles. The SMILES string of the molecule is O=C(Cc1ccc(F)c(F)c1)Nc1ccccc1C(=O)O. The maximum atomic E-state index is 13.0. The predicted molar refractivity (Wildman–Crippen MR) is 72.1 cm³/mol. The summed E-state index contributed by atoms with van der Waals surface area (Å²) < 4.78 is 25.8. The number of hydrogen-bond acceptors (Lipinski definition) is 2. The second-order valence-corrected chi connectivity index (χ2v) is 4.32. The summed E-state index contributed by atoms with van der Waals surface area (Å²) in [6, 6.07) is 9.08. The molecule has 6 heteroatoms. The summed E-state index contributed by atoms with van der Waals surface area (Å²) in [6.07, 6.45) is -0.189. The van der Waals surface area contributed by atoms with E-state index in [4.69, 9.17) is 5.11 Å².